The summed E-state index contributed by atoms with van der Waals surface area (Å²) >= 11 is 3.40. The number of nitrogens with zero attached hydrogens (tertiary/aromatic N) is 4. The fraction of sp³-hybridized carbons (Fsp3) is 0. The maximum absolute atomic E-state index is 14.4. The van der Waals surface area contributed by atoms with E-state index in [1.54, 1.807) is 54.9 Å². The van der Waals surface area contributed by atoms with Crippen molar-refractivity contribution in [2.45, 2.75) is 0 Å². The molecule has 1 N–H and O–H groups in total. The van der Waals surface area contributed by atoms with Gasteiger partial charge in [-0.2, -0.15) is 0 Å². The van der Waals surface area contributed by atoms with Crippen LogP contribution in [0.3, 0.4) is 0 Å². The minimum Gasteiger partial charge on any atom is -0.319 e. The van der Waals surface area contributed by atoms with Gasteiger partial charge in [0.15, 0.2) is 5.69 Å². The fourth-order valence-electron chi connectivity index (χ4n) is 2.74. The van der Waals surface area contributed by atoms with Crippen molar-refractivity contribution in [3.05, 3.63) is 89.0 Å². The van der Waals surface area contributed by atoms with E-state index in [9.17, 15) is 9.18 Å². The number of nitrogens with one attached hydrogen (secondary N) is 1. The molecule has 0 atom stereocenters. The maximum Gasteiger partial charge on any atom is 0.278 e. The molecule has 0 aliphatic heterocycles. The molecule has 0 radical (unpaired) electrons. The second-order valence-corrected chi connectivity index (χ2v) is 6.67. The minimum absolute atomic E-state index is 0.0743. The largest absolute Gasteiger partial charge is 0.319 e. The Balaban J connectivity index is 1.83. The molecule has 0 saturated heterocycles. The number of halogens is 2. The van der Waals surface area contributed by atoms with Crippen LogP contribution >= 0.6 is 15.9 Å². The van der Waals surface area contributed by atoms with Crippen molar-refractivity contribution < 1.29 is 9.18 Å². The Morgan fingerprint density at radius 2 is 1.71 bits per heavy atom. The predicted octanol–water partition coefficient (Wildman–Crippen LogP) is 4.48. The lowest BCUT2D eigenvalue weighted by Crippen LogP contribution is -2.14. The number of anilines is 1. The Morgan fingerprint density at radius 3 is 2.46 bits per heavy atom. The molecule has 6 nitrogen and oxygen atoms in total. The van der Waals surface area contributed by atoms with E-state index in [2.05, 4.69) is 36.5 Å². The van der Waals surface area contributed by atoms with Crippen LogP contribution in [0.1, 0.15) is 10.5 Å². The number of carbonyl (C=O) groups is 1. The standard InChI is InChI=1S/C20H13BrFN5O/c21-14-5-1-3-7-16(14)24-20(28)18-19(13-9-11-23-12-10-13)27(26-25-18)17-8-4-2-6-15(17)22/h1-12H,(H,24,28). The Labute approximate surface area is 168 Å². The SMILES string of the molecule is O=C(Nc1ccccc1Br)c1nnn(-c2ccccc2F)c1-c1ccncc1. The van der Waals surface area contributed by atoms with E-state index in [1.807, 2.05) is 12.1 Å². The van der Waals surface area contributed by atoms with Gasteiger partial charge >= 0.3 is 0 Å². The van der Waals surface area contributed by atoms with Gasteiger partial charge in [-0.1, -0.05) is 29.5 Å². The zero-order valence-electron chi connectivity index (χ0n) is 14.4. The van der Waals surface area contributed by atoms with Gasteiger partial charge in [0.05, 0.1) is 5.69 Å². The Hall–Kier alpha value is -3.39. The molecule has 1 amide bonds. The van der Waals surface area contributed by atoms with E-state index in [0.717, 1.165) is 4.47 Å². The summed E-state index contributed by atoms with van der Waals surface area (Å²) in [5.74, 6) is -0.929. The zero-order chi connectivity index (χ0) is 19.5. The lowest BCUT2D eigenvalue weighted by atomic mass is 10.1. The molecule has 0 saturated carbocycles. The molecular formula is C20H13BrFN5O. The topological polar surface area (TPSA) is 72.7 Å². The van der Waals surface area contributed by atoms with Crippen molar-refractivity contribution >= 4 is 27.5 Å². The average molecular weight is 438 g/mol. The molecule has 2 aromatic heterocycles. The minimum atomic E-state index is -0.472. The first kappa shape index (κ1) is 18.0. The fourth-order valence-corrected chi connectivity index (χ4v) is 3.12. The third-order valence-electron chi connectivity index (χ3n) is 4.04. The van der Waals surface area contributed by atoms with Crippen molar-refractivity contribution in [1.82, 2.24) is 20.0 Å². The number of hydrogen-bond acceptors (Lipinski definition) is 4. The van der Waals surface area contributed by atoms with Crippen LogP contribution in [0.25, 0.3) is 16.9 Å². The third kappa shape index (κ3) is 3.41. The molecule has 0 fully saturated rings. The summed E-state index contributed by atoms with van der Waals surface area (Å²) in [6.07, 6.45) is 3.17. The van der Waals surface area contributed by atoms with Gasteiger partial charge in [-0.05, 0) is 52.3 Å². The normalized spacial score (nSPS) is 10.6. The first-order valence-corrected chi connectivity index (χ1v) is 9.11. The Kier molecular flexibility index (Phi) is 4.94. The van der Waals surface area contributed by atoms with Crippen LogP contribution in [0.2, 0.25) is 0 Å². The maximum atomic E-state index is 14.4. The average Bonchev–Trinajstić information content (AvgIpc) is 3.16. The number of pyridine rings is 1. The van der Waals surface area contributed by atoms with E-state index in [-0.39, 0.29) is 11.4 Å². The van der Waals surface area contributed by atoms with Crippen LogP contribution in [0.4, 0.5) is 10.1 Å². The molecule has 0 unspecified atom stereocenters. The van der Waals surface area contributed by atoms with Gasteiger partial charge < -0.3 is 5.32 Å². The summed E-state index contributed by atoms with van der Waals surface area (Å²) in [4.78, 5) is 16.9. The highest BCUT2D eigenvalue weighted by Crippen LogP contribution is 2.28. The van der Waals surface area contributed by atoms with E-state index in [4.69, 9.17) is 0 Å². The van der Waals surface area contributed by atoms with Crippen molar-refractivity contribution in [2.75, 3.05) is 5.32 Å². The van der Waals surface area contributed by atoms with Gasteiger partial charge in [0.25, 0.3) is 5.91 Å². The summed E-state index contributed by atoms with van der Waals surface area (Å²) < 4.78 is 16.4. The van der Waals surface area contributed by atoms with Crippen molar-refractivity contribution in [3.8, 4) is 16.9 Å². The van der Waals surface area contributed by atoms with Crippen LogP contribution in [0.15, 0.2) is 77.5 Å². The Bertz CT molecular complexity index is 1150. The van der Waals surface area contributed by atoms with E-state index in [0.29, 0.717) is 16.9 Å². The molecule has 0 spiro atoms. The van der Waals surface area contributed by atoms with E-state index in [1.165, 1.54) is 10.7 Å². The molecule has 4 aromatic rings. The smallest absolute Gasteiger partial charge is 0.278 e. The molecule has 0 aliphatic rings. The van der Waals surface area contributed by atoms with Crippen LogP contribution in [-0.4, -0.2) is 25.9 Å². The van der Waals surface area contributed by atoms with Gasteiger partial charge in [-0.3, -0.25) is 9.78 Å². The van der Waals surface area contributed by atoms with Crippen LogP contribution in [0.5, 0.6) is 0 Å². The summed E-state index contributed by atoms with van der Waals surface area (Å²) in [5, 5.41) is 10.9. The first-order valence-electron chi connectivity index (χ1n) is 8.32. The van der Waals surface area contributed by atoms with Gasteiger partial charge in [0.1, 0.15) is 17.2 Å². The second-order valence-electron chi connectivity index (χ2n) is 5.82. The molecule has 8 heteroatoms. The molecule has 2 heterocycles. The molecule has 138 valence electrons. The summed E-state index contributed by atoms with van der Waals surface area (Å²) in [7, 11) is 0. The van der Waals surface area contributed by atoms with Gasteiger partial charge in [-0.25, -0.2) is 9.07 Å². The van der Waals surface area contributed by atoms with Crippen molar-refractivity contribution in [1.29, 1.82) is 0 Å². The van der Waals surface area contributed by atoms with Crippen molar-refractivity contribution in [2.24, 2.45) is 0 Å². The van der Waals surface area contributed by atoms with Gasteiger partial charge in [0, 0.05) is 22.4 Å². The zero-order valence-corrected chi connectivity index (χ0v) is 16.0. The Morgan fingerprint density at radius 1 is 1.00 bits per heavy atom. The molecule has 4 rings (SSSR count). The third-order valence-corrected chi connectivity index (χ3v) is 4.73. The highest BCUT2D eigenvalue weighted by Gasteiger charge is 2.23. The highest BCUT2D eigenvalue weighted by molar-refractivity contribution is 9.10. The van der Waals surface area contributed by atoms with Crippen LogP contribution in [-0.2, 0) is 0 Å². The number of hydrogen-bond donors (Lipinski definition) is 1. The quantitative estimate of drug-likeness (QED) is 0.510. The molecular weight excluding hydrogens is 425 g/mol. The molecule has 2 aromatic carbocycles. The first-order chi connectivity index (χ1) is 13.6. The van der Waals surface area contributed by atoms with Crippen LogP contribution in [0, 0.1) is 5.82 Å². The predicted molar refractivity (Wildman–Crippen MR) is 107 cm³/mol. The summed E-state index contributed by atoms with van der Waals surface area (Å²) in [6, 6.07) is 16.8. The summed E-state index contributed by atoms with van der Waals surface area (Å²) in [6.45, 7) is 0. The molecule has 0 aliphatic carbocycles. The monoisotopic (exact) mass is 437 g/mol. The highest BCUT2D eigenvalue weighted by atomic mass is 79.9. The number of para-hydroxylation sites is 2. The second kappa shape index (κ2) is 7.69. The number of benzene rings is 2. The number of rotatable bonds is 4. The van der Waals surface area contributed by atoms with Crippen LogP contribution < -0.4 is 5.32 Å². The van der Waals surface area contributed by atoms with Gasteiger partial charge in [-0.15, -0.1) is 5.10 Å². The van der Waals surface area contributed by atoms with E-state index < -0.39 is 11.7 Å². The lowest BCUT2D eigenvalue weighted by Gasteiger charge is -2.10. The lowest BCUT2D eigenvalue weighted by molar-refractivity contribution is 0.102. The number of amides is 1. The number of aromatic nitrogens is 4. The number of carbonyl (C=O) groups excluding carboxylic acids is 1. The summed E-state index contributed by atoms with van der Waals surface area (Å²) in [5.41, 5.74) is 1.87. The van der Waals surface area contributed by atoms with E-state index >= 15 is 0 Å². The molecule has 28 heavy (non-hydrogen) atoms. The van der Waals surface area contributed by atoms with Crippen molar-refractivity contribution in [3.63, 3.8) is 0 Å². The molecule has 0 bridgehead atoms. The van der Waals surface area contributed by atoms with Gasteiger partial charge in [0.2, 0.25) is 0 Å².